The number of carbonyl (C=O) groups excluding carboxylic acids is 2. The highest BCUT2D eigenvalue weighted by molar-refractivity contribution is 5.96. The van der Waals surface area contributed by atoms with Gasteiger partial charge in [0.2, 0.25) is 11.8 Å². The van der Waals surface area contributed by atoms with Crippen LogP contribution in [-0.4, -0.2) is 41.8 Å². The maximum atomic E-state index is 12.5. The van der Waals surface area contributed by atoms with Gasteiger partial charge in [-0.05, 0) is 60.6 Å². The first-order valence-electron chi connectivity index (χ1n) is 12.5. The van der Waals surface area contributed by atoms with Gasteiger partial charge in [0.25, 0.3) is 0 Å². The van der Waals surface area contributed by atoms with Crippen molar-refractivity contribution in [2.24, 2.45) is 11.8 Å². The van der Waals surface area contributed by atoms with Crippen molar-refractivity contribution in [2.75, 3.05) is 30.4 Å². The molecule has 0 radical (unpaired) electrons. The quantitative estimate of drug-likeness (QED) is 0.500. The maximum Gasteiger partial charge on any atom is 0.224 e. The Kier molecular flexibility index (Phi) is 7.69. The number of piperidine rings is 1. The summed E-state index contributed by atoms with van der Waals surface area (Å²) in [6.07, 6.45) is 1.60. The van der Waals surface area contributed by atoms with Gasteiger partial charge in [-0.25, -0.2) is 4.98 Å². The largest absolute Gasteiger partial charge is 0.356 e. The van der Waals surface area contributed by atoms with E-state index in [1.807, 2.05) is 48.5 Å². The molecule has 184 valence electrons. The van der Waals surface area contributed by atoms with Crippen molar-refractivity contribution >= 4 is 34.2 Å². The minimum atomic E-state index is -0.163. The number of aryl methyl sites for hydroxylation is 1. The number of benzene rings is 2. The Labute approximate surface area is 208 Å². The van der Waals surface area contributed by atoms with Gasteiger partial charge in [0.05, 0.1) is 5.52 Å². The molecule has 3 aromatic rings. The van der Waals surface area contributed by atoms with Crippen LogP contribution in [0, 0.1) is 18.8 Å². The van der Waals surface area contributed by atoms with Crippen molar-refractivity contribution in [3.8, 4) is 0 Å². The van der Waals surface area contributed by atoms with Crippen LogP contribution in [0.5, 0.6) is 0 Å². The fourth-order valence-corrected chi connectivity index (χ4v) is 5.05. The summed E-state index contributed by atoms with van der Waals surface area (Å²) in [4.78, 5) is 34.0. The van der Waals surface area contributed by atoms with Gasteiger partial charge >= 0.3 is 0 Å². The summed E-state index contributed by atoms with van der Waals surface area (Å²) in [7, 11) is 1.77. The van der Waals surface area contributed by atoms with Crippen LogP contribution in [0.15, 0.2) is 54.6 Å². The fourth-order valence-electron chi connectivity index (χ4n) is 5.05. The topological polar surface area (TPSA) is 65.5 Å². The molecule has 6 heteroatoms. The summed E-state index contributed by atoms with van der Waals surface area (Å²) < 4.78 is 0. The average Bonchev–Trinajstić information content (AvgIpc) is 2.82. The van der Waals surface area contributed by atoms with Crippen molar-refractivity contribution in [3.63, 3.8) is 0 Å². The lowest BCUT2D eigenvalue weighted by molar-refractivity contribution is -0.132. The second-order valence-electron chi connectivity index (χ2n) is 10.2. The van der Waals surface area contributed by atoms with Crippen LogP contribution in [-0.2, 0) is 16.1 Å². The van der Waals surface area contributed by atoms with E-state index in [1.54, 1.807) is 11.9 Å². The number of anilines is 2. The molecule has 4 rings (SSSR count). The van der Waals surface area contributed by atoms with E-state index < -0.39 is 0 Å². The predicted octanol–water partition coefficient (Wildman–Crippen LogP) is 5.40. The smallest absolute Gasteiger partial charge is 0.224 e. The molecule has 0 aliphatic carbocycles. The molecular weight excluding hydrogens is 436 g/mol. The lowest BCUT2D eigenvalue weighted by Gasteiger charge is -2.36. The molecule has 6 nitrogen and oxygen atoms in total. The fraction of sp³-hybridized carbons (Fsp3) is 0.414. The van der Waals surface area contributed by atoms with Crippen LogP contribution in [0.1, 0.15) is 44.2 Å². The second-order valence-corrected chi connectivity index (χ2v) is 10.2. The predicted molar refractivity (Wildman–Crippen MR) is 142 cm³/mol. The number of hydrogen-bond donors (Lipinski definition) is 1. The molecule has 35 heavy (non-hydrogen) atoms. The number of hydrogen-bond acceptors (Lipinski definition) is 4. The van der Waals surface area contributed by atoms with Crippen LogP contribution in [0.3, 0.4) is 0 Å². The molecule has 2 amide bonds. The number of aromatic nitrogens is 1. The number of pyridine rings is 1. The van der Waals surface area contributed by atoms with Crippen molar-refractivity contribution in [1.82, 2.24) is 9.88 Å². The standard InChI is InChI=1S/C29H36N4O2/c1-20-14-21(2)18-33(17-20)27-15-22(3)25-16-24(10-11-26(25)31-27)30-28(34)12-13-29(35)32(4)19-23-8-6-5-7-9-23/h5-11,15-16,20-21H,12-14,17-19H2,1-4H3,(H,30,34)/t20-,21+. The van der Waals surface area contributed by atoms with Crippen LogP contribution >= 0.6 is 0 Å². The zero-order chi connectivity index (χ0) is 24.9. The van der Waals surface area contributed by atoms with Crippen LogP contribution in [0.4, 0.5) is 11.5 Å². The number of nitrogens with zero attached hydrogens (tertiary/aromatic N) is 3. The second kappa shape index (κ2) is 10.9. The number of carbonyl (C=O) groups is 2. The van der Waals surface area contributed by atoms with Gasteiger partial charge in [-0.15, -0.1) is 0 Å². The molecule has 0 saturated carbocycles. The monoisotopic (exact) mass is 472 g/mol. The van der Waals surface area contributed by atoms with E-state index in [2.05, 4.69) is 37.1 Å². The Balaban J connectivity index is 1.36. The zero-order valence-corrected chi connectivity index (χ0v) is 21.3. The molecule has 0 bridgehead atoms. The lowest BCUT2D eigenvalue weighted by atomic mass is 9.92. The van der Waals surface area contributed by atoms with Crippen LogP contribution in [0.2, 0.25) is 0 Å². The van der Waals surface area contributed by atoms with E-state index in [-0.39, 0.29) is 24.7 Å². The molecule has 2 atom stereocenters. The number of fused-ring (bicyclic) bond motifs is 1. The Morgan fingerprint density at radius 1 is 1.03 bits per heavy atom. The summed E-state index contributed by atoms with van der Waals surface area (Å²) in [6.45, 7) is 9.32. The highest BCUT2D eigenvalue weighted by Crippen LogP contribution is 2.29. The average molecular weight is 473 g/mol. The van der Waals surface area contributed by atoms with Gasteiger partial charge in [0.15, 0.2) is 0 Å². The van der Waals surface area contributed by atoms with Crippen LogP contribution in [0.25, 0.3) is 10.9 Å². The summed E-state index contributed by atoms with van der Waals surface area (Å²) in [5, 5.41) is 3.98. The van der Waals surface area contributed by atoms with Gasteiger partial charge in [-0.1, -0.05) is 44.2 Å². The third-order valence-corrected chi connectivity index (χ3v) is 6.73. The number of nitrogens with one attached hydrogen (secondary N) is 1. The number of amides is 2. The van der Waals surface area contributed by atoms with Gasteiger partial charge < -0.3 is 15.1 Å². The van der Waals surface area contributed by atoms with Crippen LogP contribution < -0.4 is 10.2 Å². The normalized spacial score (nSPS) is 17.9. The summed E-state index contributed by atoms with van der Waals surface area (Å²) >= 11 is 0. The molecular formula is C29H36N4O2. The van der Waals surface area contributed by atoms with Crippen molar-refractivity contribution < 1.29 is 9.59 Å². The molecule has 1 N–H and O–H groups in total. The van der Waals surface area contributed by atoms with E-state index in [4.69, 9.17) is 4.98 Å². The Bertz CT molecular complexity index is 1180. The summed E-state index contributed by atoms with van der Waals surface area (Å²) in [5.74, 6) is 2.15. The first kappa shape index (κ1) is 24.7. The van der Waals surface area contributed by atoms with Crippen molar-refractivity contribution in [3.05, 3.63) is 65.7 Å². The van der Waals surface area contributed by atoms with E-state index in [0.29, 0.717) is 18.4 Å². The highest BCUT2D eigenvalue weighted by atomic mass is 16.2. The highest BCUT2D eigenvalue weighted by Gasteiger charge is 2.23. The first-order chi connectivity index (χ1) is 16.8. The Morgan fingerprint density at radius 3 is 2.46 bits per heavy atom. The van der Waals surface area contributed by atoms with E-state index >= 15 is 0 Å². The molecule has 0 spiro atoms. The molecule has 1 aliphatic rings. The van der Waals surface area contributed by atoms with Gasteiger partial charge in [-0.3, -0.25) is 9.59 Å². The molecule has 1 aliphatic heterocycles. The third-order valence-electron chi connectivity index (χ3n) is 6.73. The minimum absolute atomic E-state index is 0.0450. The van der Waals surface area contributed by atoms with E-state index in [0.717, 1.165) is 46.6 Å². The Morgan fingerprint density at radius 2 is 1.74 bits per heavy atom. The first-order valence-corrected chi connectivity index (χ1v) is 12.5. The minimum Gasteiger partial charge on any atom is -0.356 e. The Hall–Kier alpha value is -3.41. The molecule has 1 aromatic heterocycles. The maximum absolute atomic E-state index is 12.5. The summed E-state index contributed by atoms with van der Waals surface area (Å²) in [6, 6.07) is 17.8. The van der Waals surface area contributed by atoms with E-state index in [1.165, 1.54) is 6.42 Å². The zero-order valence-electron chi connectivity index (χ0n) is 21.3. The van der Waals surface area contributed by atoms with Gasteiger partial charge in [0.1, 0.15) is 5.82 Å². The number of rotatable bonds is 7. The van der Waals surface area contributed by atoms with Gasteiger partial charge in [-0.2, -0.15) is 0 Å². The summed E-state index contributed by atoms with van der Waals surface area (Å²) in [5.41, 5.74) is 3.87. The van der Waals surface area contributed by atoms with Crippen molar-refractivity contribution in [1.29, 1.82) is 0 Å². The van der Waals surface area contributed by atoms with Gasteiger partial charge in [0, 0.05) is 50.6 Å². The molecule has 2 heterocycles. The SMILES string of the molecule is Cc1cc(N2C[C@H](C)C[C@H](C)C2)nc2ccc(NC(=O)CCC(=O)N(C)Cc3ccccc3)cc12. The van der Waals surface area contributed by atoms with E-state index in [9.17, 15) is 9.59 Å². The molecule has 1 saturated heterocycles. The molecule has 0 unspecified atom stereocenters. The lowest BCUT2D eigenvalue weighted by Crippen LogP contribution is -2.39. The molecule has 1 fully saturated rings. The molecule has 2 aromatic carbocycles. The van der Waals surface area contributed by atoms with Crippen molar-refractivity contribution in [2.45, 2.75) is 46.6 Å². The third kappa shape index (κ3) is 6.38.